The summed E-state index contributed by atoms with van der Waals surface area (Å²) in [6, 6.07) is 4.46. The Kier molecular flexibility index (Phi) is 6.17. The number of carbonyl (C=O) groups excluding carboxylic acids is 2. The first-order valence-electron chi connectivity index (χ1n) is 7.94. The molecule has 7 heteroatoms. The molecule has 0 atom stereocenters. The maximum Gasteiger partial charge on any atom is 0.420 e. The van der Waals surface area contributed by atoms with Gasteiger partial charge in [0.05, 0.1) is 24.8 Å². The van der Waals surface area contributed by atoms with Crippen molar-refractivity contribution in [2.75, 3.05) is 13.7 Å². The molecule has 0 amide bonds. The monoisotopic (exact) mass is 335 g/mol. The summed E-state index contributed by atoms with van der Waals surface area (Å²) in [7, 11) is 1.27. The third-order valence-corrected chi connectivity index (χ3v) is 3.64. The van der Waals surface area contributed by atoms with Crippen LogP contribution in [0.5, 0.6) is 0 Å². The van der Waals surface area contributed by atoms with Crippen LogP contribution in [0.4, 0.5) is 0 Å². The van der Waals surface area contributed by atoms with Crippen LogP contribution in [-0.4, -0.2) is 30.2 Å². The highest BCUT2D eigenvalue weighted by atomic mass is 16.5. The van der Waals surface area contributed by atoms with Gasteiger partial charge in [-0.3, -0.25) is 9.36 Å². The van der Waals surface area contributed by atoms with Crippen molar-refractivity contribution >= 4 is 23.0 Å². The van der Waals surface area contributed by atoms with E-state index in [1.165, 1.54) is 23.8 Å². The van der Waals surface area contributed by atoms with Gasteiger partial charge >= 0.3 is 17.7 Å². The van der Waals surface area contributed by atoms with Crippen molar-refractivity contribution in [1.29, 1.82) is 0 Å². The molecule has 0 aliphatic rings. The molecule has 1 aromatic heterocycles. The second-order valence-electron chi connectivity index (χ2n) is 5.41. The lowest BCUT2D eigenvalue weighted by atomic mass is 10.2. The van der Waals surface area contributed by atoms with E-state index in [9.17, 15) is 14.4 Å². The number of ether oxygens (including phenoxy) is 2. The van der Waals surface area contributed by atoms with Crippen molar-refractivity contribution in [2.45, 2.75) is 39.2 Å². The first-order chi connectivity index (χ1) is 11.6. The van der Waals surface area contributed by atoms with Crippen molar-refractivity contribution in [2.24, 2.45) is 0 Å². The highest BCUT2D eigenvalue weighted by Crippen LogP contribution is 2.16. The van der Waals surface area contributed by atoms with Gasteiger partial charge in [0.25, 0.3) is 0 Å². The van der Waals surface area contributed by atoms with E-state index in [0.29, 0.717) is 12.1 Å². The van der Waals surface area contributed by atoms with Gasteiger partial charge in [0.15, 0.2) is 5.58 Å². The van der Waals surface area contributed by atoms with Gasteiger partial charge in [-0.1, -0.05) is 26.2 Å². The molecule has 0 spiro atoms. The number of methoxy groups -OCH3 is 1. The van der Waals surface area contributed by atoms with E-state index in [2.05, 4.69) is 11.7 Å². The molecule has 1 heterocycles. The molecule has 0 N–H and O–H groups in total. The number of esters is 2. The molecule has 0 unspecified atom stereocenters. The van der Waals surface area contributed by atoms with Crippen LogP contribution in [0, 0.1) is 0 Å². The number of benzene rings is 1. The quantitative estimate of drug-likeness (QED) is 0.544. The third kappa shape index (κ3) is 4.24. The second-order valence-corrected chi connectivity index (χ2v) is 5.41. The Morgan fingerprint density at radius 2 is 2.00 bits per heavy atom. The Bertz CT molecular complexity index is 773. The first kappa shape index (κ1) is 17.8. The number of oxazole rings is 1. The summed E-state index contributed by atoms with van der Waals surface area (Å²) in [6.07, 6.45) is 4.03. The zero-order valence-electron chi connectivity index (χ0n) is 13.9. The van der Waals surface area contributed by atoms with Gasteiger partial charge < -0.3 is 13.9 Å². The van der Waals surface area contributed by atoms with Crippen molar-refractivity contribution in [1.82, 2.24) is 4.57 Å². The number of hydrogen-bond acceptors (Lipinski definition) is 6. The Labute approximate surface area is 139 Å². The Hall–Kier alpha value is -2.57. The average molecular weight is 335 g/mol. The summed E-state index contributed by atoms with van der Waals surface area (Å²) in [6.45, 7) is 2.22. The summed E-state index contributed by atoms with van der Waals surface area (Å²) in [5, 5.41) is 0. The number of carbonyl (C=O) groups is 2. The van der Waals surface area contributed by atoms with Crippen molar-refractivity contribution < 1.29 is 23.5 Å². The fourth-order valence-corrected chi connectivity index (χ4v) is 2.35. The van der Waals surface area contributed by atoms with Crippen LogP contribution in [0.3, 0.4) is 0 Å². The van der Waals surface area contributed by atoms with E-state index < -0.39 is 17.7 Å². The normalized spacial score (nSPS) is 10.8. The number of fused-ring (bicyclic) bond motifs is 1. The molecule has 0 fully saturated rings. The van der Waals surface area contributed by atoms with Gasteiger partial charge in [-0.2, -0.15) is 0 Å². The standard InChI is InChI=1S/C17H21NO6/c1-3-4-5-6-9-23-15(19)11-18-13-8-7-12(16(20)22-2)10-14(13)24-17(18)21/h7-8,10H,3-6,9,11H2,1-2H3. The molecule has 1 aromatic carbocycles. The predicted octanol–water partition coefficient (Wildman–Crippen LogP) is 2.50. The molecule has 130 valence electrons. The zero-order valence-corrected chi connectivity index (χ0v) is 13.9. The van der Waals surface area contributed by atoms with Crippen molar-refractivity contribution in [3.05, 3.63) is 34.3 Å². The van der Waals surface area contributed by atoms with E-state index in [1.807, 2.05) is 0 Å². The molecule has 0 saturated heterocycles. The minimum atomic E-state index is -0.671. The van der Waals surface area contributed by atoms with E-state index in [4.69, 9.17) is 9.15 Å². The second kappa shape index (κ2) is 8.33. The lowest BCUT2D eigenvalue weighted by molar-refractivity contribution is -0.144. The number of rotatable bonds is 8. The highest BCUT2D eigenvalue weighted by Gasteiger charge is 2.15. The fraction of sp³-hybridized carbons (Fsp3) is 0.471. The van der Waals surface area contributed by atoms with Gasteiger partial charge in [-0.15, -0.1) is 0 Å². The van der Waals surface area contributed by atoms with E-state index >= 15 is 0 Å². The molecule has 0 bridgehead atoms. The Morgan fingerprint density at radius 1 is 1.21 bits per heavy atom. The molecule has 2 rings (SSSR count). The van der Waals surface area contributed by atoms with Crippen LogP contribution in [0.25, 0.3) is 11.1 Å². The van der Waals surface area contributed by atoms with Gasteiger partial charge in [-0.05, 0) is 24.6 Å². The lowest BCUT2D eigenvalue weighted by Crippen LogP contribution is -2.22. The molecule has 0 aliphatic heterocycles. The number of aromatic nitrogens is 1. The van der Waals surface area contributed by atoms with E-state index in [1.54, 1.807) is 6.07 Å². The lowest BCUT2D eigenvalue weighted by Gasteiger charge is -2.05. The maximum atomic E-state index is 11.9. The summed E-state index contributed by atoms with van der Waals surface area (Å²) in [4.78, 5) is 35.3. The minimum Gasteiger partial charge on any atom is -0.465 e. The van der Waals surface area contributed by atoms with Gasteiger partial charge in [-0.25, -0.2) is 9.59 Å². The number of nitrogens with zero attached hydrogens (tertiary/aromatic N) is 1. The average Bonchev–Trinajstić information content (AvgIpc) is 2.88. The van der Waals surface area contributed by atoms with Crippen LogP contribution in [0.15, 0.2) is 27.4 Å². The van der Waals surface area contributed by atoms with Crippen molar-refractivity contribution in [3.63, 3.8) is 0 Å². The summed E-state index contributed by atoms with van der Waals surface area (Å²) in [5.74, 6) is -1.69. The molecular formula is C17H21NO6. The van der Waals surface area contributed by atoms with Gasteiger partial charge in [0, 0.05) is 0 Å². The van der Waals surface area contributed by atoms with Crippen LogP contribution < -0.4 is 5.76 Å². The SMILES string of the molecule is CCCCCCOC(=O)Cn1c(=O)oc2cc(C(=O)OC)ccc21. The Morgan fingerprint density at radius 3 is 2.71 bits per heavy atom. The van der Waals surface area contributed by atoms with E-state index in [-0.39, 0.29) is 17.7 Å². The smallest absolute Gasteiger partial charge is 0.420 e. The fourth-order valence-electron chi connectivity index (χ4n) is 2.35. The Balaban J connectivity index is 2.06. The first-order valence-corrected chi connectivity index (χ1v) is 7.94. The van der Waals surface area contributed by atoms with Crippen molar-refractivity contribution in [3.8, 4) is 0 Å². The molecule has 0 saturated carbocycles. The van der Waals surface area contributed by atoms with Crippen LogP contribution in [-0.2, 0) is 20.8 Å². The van der Waals surface area contributed by atoms with Crippen LogP contribution in [0.1, 0.15) is 43.0 Å². The number of hydrogen-bond donors (Lipinski definition) is 0. The predicted molar refractivity (Wildman–Crippen MR) is 86.9 cm³/mol. The van der Waals surface area contributed by atoms with Gasteiger partial charge in [0.2, 0.25) is 0 Å². The van der Waals surface area contributed by atoms with Crippen LogP contribution in [0.2, 0.25) is 0 Å². The molecule has 7 nitrogen and oxygen atoms in total. The zero-order chi connectivity index (χ0) is 17.5. The summed E-state index contributed by atoms with van der Waals surface area (Å²) >= 11 is 0. The molecule has 0 aliphatic carbocycles. The van der Waals surface area contributed by atoms with E-state index in [0.717, 1.165) is 25.7 Å². The molecule has 2 aromatic rings. The summed E-state index contributed by atoms with van der Waals surface area (Å²) < 4.78 is 16.0. The molecule has 24 heavy (non-hydrogen) atoms. The molecule has 0 radical (unpaired) electrons. The summed E-state index contributed by atoms with van der Waals surface area (Å²) in [5.41, 5.74) is 0.915. The van der Waals surface area contributed by atoms with Gasteiger partial charge in [0.1, 0.15) is 6.54 Å². The maximum absolute atomic E-state index is 11.9. The third-order valence-electron chi connectivity index (χ3n) is 3.64. The topological polar surface area (TPSA) is 87.7 Å². The molecular weight excluding hydrogens is 314 g/mol. The minimum absolute atomic E-state index is 0.221. The number of unbranched alkanes of at least 4 members (excludes halogenated alkanes) is 3. The van der Waals surface area contributed by atoms with Crippen LogP contribution >= 0.6 is 0 Å². The largest absolute Gasteiger partial charge is 0.465 e. The highest BCUT2D eigenvalue weighted by molar-refractivity contribution is 5.93.